The van der Waals surface area contributed by atoms with Gasteiger partial charge in [-0.3, -0.25) is 10.2 Å². The van der Waals surface area contributed by atoms with E-state index in [4.69, 9.17) is 11.1 Å². The van der Waals surface area contributed by atoms with E-state index in [-0.39, 0.29) is 11.4 Å². The number of nitrogens with one attached hydrogen (secondary N) is 2. The summed E-state index contributed by atoms with van der Waals surface area (Å²) >= 11 is 1.26. The van der Waals surface area contributed by atoms with Gasteiger partial charge in [0.2, 0.25) is 0 Å². The van der Waals surface area contributed by atoms with Crippen LogP contribution in [0.2, 0.25) is 0 Å². The summed E-state index contributed by atoms with van der Waals surface area (Å²) in [6.45, 7) is 3.87. The van der Waals surface area contributed by atoms with Crippen LogP contribution in [0, 0.1) is 12.3 Å². The average molecular weight is 303 g/mol. The van der Waals surface area contributed by atoms with Crippen molar-refractivity contribution < 1.29 is 0 Å². The Labute approximate surface area is 126 Å². The molecule has 0 radical (unpaired) electrons. The molecule has 0 aromatic carbocycles. The lowest BCUT2D eigenvalue weighted by Gasteiger charge is -2.06. The van der Waals surface area contributed by atoms with Gasteiger partial charge in [0.15, 0.2) is 5.16 Å². The summed E-state index contributed by atoms with van der Waals surface area (Å²) in [5.41, 5.74) is 7.47. The van der Waals surface area contributed by atoms with Crippen LogP contribution in [0.1, 0.15) is 30.3 Å². The number of H-pyrrole nitrogens is 1. The van der Waals surface area contributed by atoms with E-state index in [1.54, 1.807) is 12.1 Å². The van der Waals surface area contributed by atoms with Crippen molar-refractivity contribution >= 4 is 17.6 Å². The smallest absolute Gasteiger partial charge is 0.251 e. The highest BCUT2D eigenvalue weighted by molar-refractivity contribution is 7.99. The van der Waals surface area contributed by atoms with Gasteiger partial charge in [-0.15, -0.1) is 0 Å². The van der Waals surface area contributed by atoms with Crippen molar-refractivity contribution in [3.8, 4) is 0 Å². The van der Waals surface area contributed by atoms with Gasteiger partial charge in [0.05, 0.1) is 0 Å². The molecular weight excluding hydrogens is 286 g/mol. The van der Waals surface area contributed by atoms with Crippen LogP contribution in [0.15, 0.2) is 33.2 Å². The van der Waals surface area contributed by atoms with Crippen LogP contribution in [0.5, 0.6) is 0 Å². The quantitative estimate of drug-likeness (QED) is 0.444. The molecule has 0 saturated carbocycles. The van der Waals surface area contributed by atoms with Crippen molar-refractivity contribution in [2.75, 3.05) is 0 Å². The minimum atomic E-state index is -0.171. The summed E-state index contributed by atoms with van der Waals surface area (Å²) in [5.74, 6) is -0.0106. The molecule has 0 saturated heterocycles. The van der Waals surface area contributed by atoms with Crippen molar-refractivity contribution in [2.24, 2.45) is 5.73 Å². The van der Waals surface area contributed by atoms with Gasteiger partial charge in [-0.05, 0) is 37.2 Å². The molecule has 7 heteroatoms. The highest BCUT2D eigenvalue weighted by Crippen LogP contribution is 2.23. The Bertz CT molecular complexity index is 726. The van der Waals surface area contributed by atoms with E-state index in [0.717, 1.165) is 24.2 Å². The summed E-state index contributed by atoms with van der Waals surface area (Å²) in [4.78, 5) is 23.1. The largest absolute Gasteiger partial charge is 0.384 e. The van der Waals surface area contributed by atoms with Gasteiger partial charge >= 0.3 is 0 Å². The number of aryl methyl sites for hydroxylation is 2. The van der Waals surface area contributed by atoms with Crippen LogP contribution in [0.4, 0.5) is 0 Å². The summed E-state index contributed by atoms with van der Waals surface area (Å²) in [5, 5.41) is 8.65. The molecule has 6 nitrogen and oxygen atoms in total. The van der Waals surface area contributed by atoms with Gasteiger partial charge < -0.3 is 10.7 Å². The minimum Gasteiger partial charge on any atom is -0.384 e. The maximum absolute atomic E-state index is 11.6. The molecule has 0 bridgehead atoms. The molecule has 0 spiro atoms. The third-order valence-electron chi connectivity index (χ3n) is 2.72. The molecule has 0 aliphatic rings. The fourth-order valence-corrected chi connectivity index (χ4v) is 2.75. The van der Waals surface area contributed by atoms with E-state index >= 15 is 0 Å². The molecule has 21 heavy (non-hydrogen) atoms. The zero-order valence-electron chi connectivity index (χ0n) is 11.9. The van der Waals surface area contributed by atoms with Crippen LogP contribution < -0.4 is 11.3 Å². The molecule has 0 aliphatic carbocycles. The van der Waals surface area contributed by atoms with Crippen molar-refractivity contribution in [2.45, 2.75) is 36.9 Å². The average Bonchev–Trinajstić information content (AvgIpc) is 2.37. The van der Waals surface area contributed by atoms with Crippen molar-refractivity contribution in [3.05, 3.63) is 45.5 Å². The fraction of sp³-hybridized carbons (Fsp3) is 0.286. The monoisotopic (exact) mass is 303 g/mol. The van der Waals surface area contributed by atoms with E-state index in [2.05, 4.69) is 15.0 Å². The summed E-state index contributed by atoms with van der Waals surface area (Å²) in [6.07, 6.45) is 1.69. The molecule has 0 aliphatic heterocycles. The van der Waals surface area contributed by atoms with E-state index in [1.807, 2.05) is 13.8 Å². The summed E-state index contributed by atoms with van der Waals surface area (Å²) in [6, 6.07) is 4.97. The maximum Gasteiger partial charge on any atom is 0.251 e. The molecule has 2 aromatic heterocycles. The second-order valence-corrected chi connectivity index (χ2v) is 5.65. The predicted molar refractivity (Wildman–Crippen MR) is 83.0 cm³/mol. The number of amidine groups is 1. The summed E-state index contributed by atoms with van der Waals surface area (Å²) < 4.78 is 0. The van der Waals surface area contributed by atoms with Gasteiger partial charge in [0, 0.05) is 23.0 Å². The molecule has 0 atom stereocenters. The Hall–Kier alpha value is -2.15. The molecule has 4 N–H and O–H groups in total. The van der Waals surface area contributed by atoms with E-state index < -0.39 is 0 Å². The zero-order chi connectivity index (χ0) is 15.4. The van der Waals surface area contributed by atoms with Gasteiger partial charge in [0.25, 0.3) is 5.56 Å². The lowest BCUT2D eigenvalue weighted by molar-refractivity contribution is 0.815. The zero-order valence-corrected chi connectivity index (χ0v) is 12.8. The van der Waals surface area contributed by atoms with E-state index in [0.29, 0.717) is 15.7 Å². The van der Waals surface area contributed by atoms with Gasteiger partial charge in [0.1, 0.15) is 10.9 Å². The van der Waals surface area contributed by atoms with Crippen LogP contribution in [-0.2, 0) is 6.42 Å². The van der Waals surface area contributed by atoms with Crippen LogP contribution in [0.3, 0.4) is 0 Å². The molecule has 2 aromatic rings. The van der Waals surface area contributed by atoms with Crippen LogP contribution in [0.25, 0.3) is 0 Å². The molecule has 2 rings (SSSR count). The van der Waals surface area contributed by atoms with Gasteiger partial charge in [-0.2, -0.15) is 0 Å². The number of hydrogen-bond acceptors (Lipinski definition) is 5. The standard InChI is InChI=1S/C14H17N5OS/c1-3-4-10-7-11(20)19-14(18-10)21-12-6-9(13(15)16)5-8(2)17-12/h5-7H,3-4H2,1-2H3,(H3,15,16)(H,18,19,20). The lowest BCUT2D eigenvalue weighted by atomic mass is 10.2. The van der Waals surface area contributed by atoms with E-state index in [1.165, 1.54) is 17.8 Å². The minimum absolute atomic E-state index is 0.0106. The number of hydrogen-bond donors (Lipinski definition) is 3. The third-order valence-corrected chi connectivity index (χ3v) is 3.53. The van der Waals surface area contributed by atoms with Gasteiger partial charge in [-0.1, -0.05) is 13.3 Å². The highest BCUT2D eigenvalue weighted by atomic mass is 32.2. The third kappa shape index (κ3) is 4.16. The Morgan fingerprint density at radius 1 is 1.38 bits per heavy atom. The Balaban J connectivity index is 2.33. The number of nitrogen functional groups attached to an aromatic ring is 1. The lowest BCUT2D eigenvalue weighted by Crippen LogP contribution is -2.12. The van der Waals surface area contributed by atoms with Crippen molar-refractivity contribution in [1.82, 2.24) is 15.0 Å². The highest BCUT2D eigenvalue weighted by Gasteiger charge is 2.07. The van der Waals surface area contributed by atoms with Crippen LogP contribution >= 0.6 is 11.8 Å². The molecule has 110 valence electrons. The maximum atomic E-state index is 11.6. The first kappa shape index (κ1) is 15.2. The predicted octanol–water partition coefficient (Wildman–Crippen LogP) is 1.86. The number of rotatable bonds is 5. The Morgan fingerprint density at radius 3 is 2.81 bits per heavy atom. The number of nitrogens with two attached hydrogens (primary N) is 1. The first-order chi connectivity index (χ1) is 9.97. The SMILES string of the molecule is CCCc1cc(=O)[nH]c(Sc2cc(C(=N)N)cc(C)n2)n1. The second-order valence-electron chi connectivity index (χ2n) is 4.64. The Kier molecular flexibility index (Phi) is 4.74. The molecule has 0 fully saturated rings. The second kappa shape index (κ2) is 6.53. The van der Waals surface area contributed by atoms with Crippen molar-refractivity contribution in [3.63, 3.8) is 0 Å². The molecule has 0 unspecified atom stereocenters. The van der Waals surface area contributed by atoms with Crippen LogP contribution in [-0.4, -0.2) is 20.8 Å². The van der Waals surface area contributed by atoms with Gasteiger partial charge in [-0.25, -0.2) is 9.97 Å². The fourth-order valence-electron chi connectivity index (χ4n) is 1.86. The normalized spacial score (nSPS) is 10.6. The molecule has 0 amide bonds. The first-order valence-corrected chi connectivity index (χ1v) is 7.40. The first-order valence-electron chi connectivity index (χ1n) is 6.59. The number of aromatic nitrogens is 3. The Morgan fingerprint density at radius 2 is 2.14 bits per heavy atom. The molecule has 2 heterocycles. The molecular formula is C14H17N5OS. The number of pyridine rings is 1. The van der Waals surface area contributed by atoms with E-state index in [9.17, 15) is 4.79 Å². The number of nitrogens with zero attached hydrogens (tertiary/aromatic N) is 2. The number of aromatic amines is 1. The topological polar surface area (TPSA) is 109 Å². The summed E-state index contributed by atoms with van der Waals surface area (Å²) in [7, 11) is 0. The van der Waals surface area contributed by atoms with Crippen molar-refractivity contribution in [1.29, 1.82) is 5.41 Å².